The van der Waals surface area contributed by atoms with Crippen molar-refractivity contribution in [1.82, 2.24) is 15.6 Å². The molecule has 0 amide bonds. The lowest BCUT2D eigenvalue weighted by molar-refractivity contribution is 0.489. The van der Waals surface area contributed by atoms with Crippen molar-refractivity contribution in [3.05, 3.63) is 16.1 Å². The molecule has 1 aromatic rings. The molecule has 2 N–H and O–H groups in total. The third-order valence-corrected chi connectivity index (χ3v) is 4.16. The standard InChI is InChI=1S/C15H28N4S.HI/c1-6-14-19-13(10-20-14)9-17-15(16-5)18-12(4)8-7-11(2)3;/h10-12H,6-9H2,1-5H3,(H2,16,17,18);1H. The molecular formula is C15H29IN4S. The summed E-state index contributed by atoms with van der Waals surface area (Å²) < 4.78 is 0. The maximum Gasteiger partial charge on any atom is 0.191 e. The molecule has 4 nitrogen and oxygen atoms in total. The number of guanidine groups is 1. The molecule has 1 heterocycles. The van der Waals surface area contributed by atoms with E-state index in [4.69, 9.17) is 0 Å². The molecule has 1 rings (SSSR count). The van der Waals surface area contributed by atoms with Gasteiger partial charge in [-0.2, -0.15) is 0 Å². The van der Waals surface area contributed by atoms with Crippen LogP contribution in [0, 0.1) is 5.92 Å². The van der Waals surface area contributed by atoms with E-state index < -0.39 is 0 Å². The molecule has 0 fully saturated rings. The van der Waals surface area contributed by atoms with Crippen LogP contribution < -0.4 is 10.6 Å². The summed E-state index contributed by atoms with van der Waals surface area (Å²) in [6, 6.07) is 0.435. The zero-order valence-electron chi connectivity index (χ0n) is 13.8. The van der Waals surface area contributed by atoms with Crippen molar-refractivity contribution in [2.75, 3.05) is 7.05 Å². The number of aromatic nitrogens is 1. The second-order valence-electron chi connectivity index (χ2n) is 5.53. The summed E-state index contributed by atoms with van der Waals surface area (Å²) in [4.78, 5) is 8.81. The molecule has 0 saturated carbocycles. The quantitative estimate of drug-likeness (QED) is 0.398. The molecule has 0 aliphatic carbocycles. The number of halogens is 1. The van der Waals surface area contributed by atoms with E-state index >= 15 is 0 Å². The van der Waals surface area contributed by atoms with Crippen LogP contribution >= 0.6 is 35.3 Å². The Morgan fingerprint density at radius 3 is 2.57 bits per heavy atom. The number of hydrogen-bond donors (Lipinski definition) is 2. The van der Waals surface area contributed by atoms with Crippen molar-refractivity contribution in [3.63, 3.8) is 0 Å². The minimum atomic E-state index is 0. The fourth-order valence-corrected chi connectivity index (χ4v) is 2.60. The Hall–Kier alpha value is -0.370. The van der Waals surface area contributed by atoms with E-state index in [-0.39, 0.29) is 24.0 Å². The number of nitrogens with zero attached hydrogens (tertiary/aromatic N) is 2. The summed E-state index contributed by atoms with van der Waals surface area (Å²) in [6.07, 6.45) is 3.40. The summed E-state index contributed by atoms with van der Waals surface area (Å²) in [7, 11) is 1.81. The van der Waals surface area contributed by atoms with Crippen LogP contribution in [-0.4, -0.2) is 24.0 Å². The highest BCUT2D eigenvalue weighted by Gasteiger charge is 2.07. The molecule has 122 valence electrons. The Bertz CT molecular complexity index is 418. The first-order valence-electron chi connectivity index (χ1n) is 7.45. The van der Waals surface area contributed by atoms with E-state index in [1.807, 2.05) is 7.05 Å². The van der Waals surface area contributed by atoms with Crippen LogP contribution in [0.15, 0.2) is 10.4 Å². The summed E-state index contributed by atoms with van der Waals surface area (Å²) in [5, 5.41) is 10.1. The number of thiazole rings is 1. The molecule has 1 unspecified atom stereocenters. The molecule has 0 spiro atoms. The van der Waals surface area contributed by atoms with Crippen LogP contribution in [0.1, 0.15) is 51.2 Å². The first kappa shape index (κ1) is 20.6. The van der Waals surface area contributed by atoms with E-state index in [0.29, 0.717) is 6.04 Å². The van der Waals surface area contributed by atoms with Gasteiger partial charge in [0.25, 0.3) is 0 Å². The van der Waals surface area contributed by atoms with Crippen molar-refractivity contribution < 1.29 is 0 Å². The Kier molecular flexibility index (Phi) is 11.0. The molecule has 0 aliphatic rings. The van der Waals surface area contributed by atoms with E-state index in [1.54, 1.807) is 11.3 Å². The van der Waals surface area contributed by atoms with Gasteiger partial charge in [-0.3, -0.25) is 4.99 Å². The molecule has 0 bridgehead atoms. The van der Waals surface area contributed by atoms with Gasteiger partial charge in [0.15, 0.2) is 5.96 Å². The van der Waals surface area contributed by atoms with Crippen LogP contribution in [0.2, 0.25) is 0 Å². The number of hydrogen-bond acceptors (Lipinski definition) is 3. The average molecular weight is 424 g/mol. The number of rotatable bonds is 7. The van der Waals surface area contributed by atoms with E-state index in [2.05, 4.69) is 53.7 Å². The first-order valence-corrected chi connectivity index (χ1v) is 8.33. The summed E-state index contributed by atoms with van der Waals surface area (Å²) in [5.41, 5.74) is 1.09. The molecule has 6 heteroatoms. The van der Waals surface area contributed by atoms with Gasteiger partial charge >= 0.3 is 0 Å². The summed E-state index contributed by atoms with van der Waals surface area (Å²) >= 11 is 1.72. The van der Waals surface area contributed by atoms with Gasteiger partial charge in [-0.25, -0.2) is 4.98 Å². The van der Waals surface area contributed by atoms with Gasteiger partial charge in [0, 0.05) is 18.5 Å². The van der Waals surface area contributed by atoms with Gasteiger partial charge in [0.2, 0.25) is 0 Å². The normalized spacial score (nSPS) is 13.0. The lowest BCUT2D eigenvalue weighted by atomic mass is 10.0. The van der Waals surface area contributed by atoms with Crippen molar-refractivity contribution in [1.29, 1.82) is 0 Å². The summed E-state index contributed by atoms with van der Waals surface area (Å²) in [6.45, 7) is 9.58. The molecule has 0 aliphatic heterocycles. The van der Waals surface area contributed by atoms with Crippen molar-refractivity contribution in [2.45, 2.75) is 59.5 Å². The summed E-state index contributed by atoms with van der Waals surface area (Å²) in [5.74, 6) is 1.60. The van der Waals surface area contributed by atoms with Crippen LogP contribution in [-0.2, 0) is 13.0 Å². The molecular weight excluding hydrogens is 395 g/mol. The van der Waals surface area contributed by atoms with Crippen LogP contribution in [0.3, 0.4) is 0 Å². The Morgan fingerprint density at radius 2 is 2.05 bits per heavy atom. The van der Waals surface area contributed by atoms with Crippen molar-refractivity contribution in [2.24, 2.45) is 10.9 Å². The maximum atomic E-state index is 4.55. The Labute approximate surface area is 150 Å². The van der Waals surface area contributed by atoms with E-state index in [0.717, 1.165) is 37.0 Å². The van der Waals surface area contributed by atoms with Gasteiger partial charge in [0.1, 0.15) is 0 Å². The van der Waals surface area contributed by atoms with Gasteiger partial charge in [-0.1, -0.05) is 20.8 Å². The highest BCUT2D eigenvalue weighted by atomic mass is 127. The second kappa shape index (κ2) is 11.2. The predicted molar refractivity (Wildman–Crippen MR) is 104 cm³/mol. The average Bonchev–Trinajstić information content (AvgIpc) is 2.89. The lowest BCUT2D eigenvalue weighted by Crippen LogP contribution is -2.42. The number of aliphatic imine (C=N–C) groups is 1. The fraction of sp³-hybridized carbons (Fsp3) is 0.733. The third kappa shape index (κ3) is 8.60. The molecule has 0 saturated heterocycles. The SMILES string of the molecule is CCc1nc(CNC(=NC)NC(C)CCC(C)C)cs1.I. The lowest BCUT2D eigenvalue weighted by Gasteiger charge is -2.18. The second-order valence-corrected chi connectivity index (χ2v) is 6.47. The van der Waals surface area contributed by atoms with Crippen LogP contribution in [0.5, 0.6) is 0 Å². The monoisotopic (exact) mass is 424 g/mol. The number of nitrogens with one attached hydrogen (secondary N) is 2. The Balaban J connectivity index is 0.00000400. The van der Waals surface area contributed by atoms with Gasteiger partial charge in [-0.05, 0) is 32.1 Å². The molecule has 0 radical (unpaired) electrons. The van der Waals surface area contributed by atoms with E-state index in [9.17, 15) is 0 Å². The van der Waals surface area contributed by atoms with Crippen molar-refractivity contribution >= 4 is 41.3 Å². The Morgan fingerprint density at radius 1 is 1.33 bits per heavy atom. The minimum absolute atomic E-state index is 0. The zero-order chi connectivity index (χ0) is 15.0. The fourth-order valence-electron chi connectivity index (χ4n) is 1.85. The molecule has 21 heavy (non-hydrogen) atoms. The topological polar surface area (TPSA) is 49.3 Å². The minimum Gasteiger partial charge on any atom is -0.354 e. The zero-order valence-corrected chi connectivity index (χ0v) is 16.9. The van der Waals surface area contributed by atoms with Crippen molar-refractivity contribution in [3.8, 4) is 0 Å². The molecule has 0 aromatic carbocycles. The third-order valence-electron chi connectivity index (χ3n) is 3.12. The smallest absolute Gasteiger partial charge is 0.191 e. The number of aryl methyl sites for hydroxylation is 1. The van der Waals surface area contributed by atoms with Crippen LogP contribution in [0.4, 0.5) is 0 Å². The van der Waals surface area contributed by atoms with E-state index in [1.165, 1.54) is 11.4 Å². The van der Waals surface area contributed by atoms with Gasteiger partial charge in [-0.15, -0.1) is 35.3 Å². The molecule has 1 aromatic heterocycles. The highest BCUT2D eigenvalue weighted by Crippen LogP contribution is 2.10. The highest BCUT2D eigenvalue weighted by molar-refractivity contribution is 14.0. The predicted octanol–water partition coefficient (Wildman–Crippen LogP) is 3.81. The molecule has 1 atom stereocenters. The van der Waals surface area contributed by atoms with Gasteiger partial charge in [0.05, 0.1) is 17.2 Å². The van der Waals surface area contributed by atoms with Crippen LogP contribution in [0.25, 0.3) is 0 Å². The first-order chi connectivity index (χ1) is 9.55. The largest absolute Gasteiger partial charge is 0.354 e. The maximum absolute atomic E-state index is 4.55. The van der Waals surface area contributed by atoms with Gasteiger partial charge < -0.3 is 10.6 Å².